The van der Waals surface area contributed by atoms with Crippen molar-refractivity contribution in [3.63, 3.8) is 0 Å². The molecule has 3 aromatic heterocycles. The molecule has 0 saturated carbocycles. The lowest BCUT2D eigenvalue weighted by Crippen LogP contribution is -1.84. The minimum atomic E-state index is 0.938. The number of nitrogens with one attached hydrogen (secondary N) is 1. The molecule has 5 rings (SSSR count). The first-order valence-corrected chi connectivity index (χ1v) is 6.90. The van der Waals surface area contributed by atoms with E-state index < -0.39 is 0 Å². The Morgan fingerprint density at radius 1 is 0.952 bits per heavy atom. The van der Waals surface area contributed by atoms with Gasteiger partial charge in [0.05, 0.1) is 5.52 Å². The maximum atomic E-state index is 4.47. The molecule has 3 heterocycles. The maximum Gasteiger partial charge on any atom is 0.117 e. The van der Waals surface area contributed by atoms with Gasteiger partial charge in [0.2, 0.25) is 0 Å². The highest BCUT2D eigenvalue weighted by Gasteiger charge is 2.12. The van der Waals surface area contributed by atoms with Crippen molar-refractivity contribution in [2.24, 2.45) is 7.05 Å². The number of hydrogen-bond donors (Lipinski definition) is 1. The first-order valence-electron chi connectivity index (χ1n) is 6.90. The van der Waals surface area contributed by atoms with E-state index in [0.29, 0.717) is 0 Å². The zero-order valence-electron chi connectivity index (χ0n) is 11.5. The number of nitrogens with zero attached hydrogens (tertiary/aromatic N) is 3. The van der Waals surface area contributed by atoms with Crippen LogP contribution in [0.15, 0.2) is 49.2 Å². The van der Waals surface area contributed by atoms with Crippen molar-refractivity contribution in [2.45, 2.75) is 0 Å². The van der Waals surface area contributed by atoms with Gasteiger partial charge >= 0.3 is 0 Å². The summed E-state index contributed by atoms with van der Waals surface area (Å²) in [5, 5.41) is 6.04. The van der Waals surface area contributed by atoms with Gasteiger partial charge in [-0.05, 0) is 29.0 Å². The zero-order chi connectivity index (χ0) is 14.0. The van der Waals surface area contributed by atoms with E-state index in [0.717, 1.165) is 21.9 Å². The van der Waals surface area contributed by atoms with Gasteiger partial charge in [-0.1, -0.05) is 6.07 Å². The Kier molecular flexibility index (Phi) is 1.86. The van der Waals surface area contributed by atoms with Crippen LogP contribution in [0.5, 0.6) is 0 Å². The number of hydrogen-bond acceptors (Lipinski definition) is 2. The summed E-state index contributed by atoms with van der Waals surface area (Å²) in [7, 11) is 2.05. The number of aryl methyl sites for hydroxylation is 1. The molecular weight excluding hydrogens is 260 g/mol. The van der Waals surface area contributed by atoms with E-state index in [4.69, 9.17) is 0 Å². The minimum absolute atomic E-state index is 0.938. The van der Waals surface area contributed by atoms with Gasteiger partial charge in [0.1, 0.15) is 17.4 Å². The Hall–Kier alpha value is -2.88. The summed E-state index contributed by atoms with van der Waals surface area (Å²) in [6.45, 7) is 0. The summed E-state index contributed by atoms with van der Waals surface area (Å²) in [6.07, 6.45) is 7.86. The van der Waals surface area contributed by atoms with Crippen LogP contribution in [0.2, 0.25) is 0 Å². The molecule has 0 radical (unpaired) electrons. The summed E-state index contributed by atoms with van der Waals surface area (Å²) in [4.78, 5) is 12.2. The second-order valence-electron chi connectivity index (χ2n) is 5.48. The highest BCUT2D eigenvalue weighted by atomic mass is 14.9. The van der Waals surface area contributed by atoms with Gasteiger partial charge in [-0.25, -0.2) is 9.97 Å². The van der Waals surface area contributed by atoms with Gasteiger partial charge in [-0.15, -0.1) is 0 Å². The van der Waals surface area contributed by atoms with E-state index in [1.807, 2.05) is 12.3 Å². The van der Waals surface area contributed by atoms with E-state index in [-0.39, 0.29) is 0 Å². The second-order valence-corrected chi connectivity index (χ2v) is 5.48. The van der Waals surface area contributed by atoms with Crippen LogP contribution in [-0.4, -0.2) is 19.5 Å². The Labute approximate surface area is 120 Å². The number of imidazole rings is 1. The Morgan fingerprint density at radius 2 is 1.71 bits per heavy atom. The smallest absolute Gasteiger partial charge is 0.117 e. The van der Waals surface area contributed by atoms with Crippen LogP contribution in [0.4, 0.5) is 0 Å². The van der Waals surface area contributed by atoms with Gasteiger partial charge in [-0.3, -0.25) is 0 Å². The highest BCUT2D eigenvalue weighted by molar-refractivity contribution is 6.24. The first-order chi connectivity index (χ1) is 10.3. The molecule has 0 spiro atoms. The molecule has 0 atom stereocenters. The Morgan fingerprint density at radius 3 is 2.57 bits per heavy atom. The number of aromatic amines is 1. The molecule has 0 unspecified atom stereocenters. The summed E-state index contributed by atoms with van der Waals surface area (Å²) in [5.41, 5.74) is 2.95. The molecule has 0 aliphatic heterocycles. The van der Waals surface area contributed by atoms with E-state index in [1.165, 1.54) is 21.5 Å². The lowest BCUT2D eigenvalue weighted by atomic mass is 10.0. The summed E-state index contributed by atoms with van der Waals surface area (Å²) in [6, 6.07) is 8.62. The number of rotatable bonds is 0. The van der Waals surface area contributed by atoms with Crippen molar-refractivity contribution in [1.82, 2.24) is 19.5 Å². The van der Waals surface area contributed by atoms with Crippen LogP contribution in [0.1, 0.15) is 0 Å². The predicted molar refractivity (Wildman–Crippen MR) is 85.4 cm³/mol. The molecule has 4 heteroatoms. The zero-order valence-corrected chi connectivity index (χ0v) is 11.5. The molecule has 0 aliphatic rings. The molecule has 0 amide bonds. The van der Waals surface area contributed by atoms with E-state index in [2.05, 4.69) is 57.2 Å². The molecule has 1 N–H and O–H groups in total. The standard InChI is InChI=1S/C17H12N4/c1-21-7-10-5-13-12-3-2-4-18-15(12)17-16(19-9-20-17)14(13)6-11(10)8-21/h2-9,18H,1H3. The Balaban J connectivity index is 2.17. The van der Waals surface area contributed by atoms with Gasteiger partial charge in [0.25, 0.3) is 0 Å². The van der Waals surface area contributed by atoms with Crippen LogP contribution in [0, 0.1) is 0 Å². The highest BCUT2D eigenvalue weighted by Crippen LogP contribution is 2.34. The first kappa shape index (κ1) is 10.9. The van der Waals surface area contributed by atoms with Crippen molar-refractivity contribution in [3.8, 4) is 0 Å². The predicted octanol–water partition coefficient (Wildman–Crippen LogP) is 3.76. The molecule has 0 saturated heterocycles. The molecule has 5 aromatic rings. The van der Waals surface area contributed by atoms with Crippen molar-refractivity contribution >= 4 is 43.5 Å². The molecule has 4 nitrogen and oxygen atoms in total. The monoisotopic (exact) mass is 272 g/mol. The van der Waals surface area contributed by atoms with Crippen LogP contribution in [0.3, 0.4) is 0 Å². The summed E-state index contributed by atoms with van der Waals surface area (Å²) < 4.78 is 2.09. The quantitative estimate of drug-likeness (QED) is 0.436. The van der Waals surface area contributed by atoms with Crippen molar-refractivity contribution in [2.75, 3.05) is 0 Å². The van der Waals surface area contributed by atoms with E-state index in [1.54, 1.807) is 6.33 Å². The second kappa shape index (κ2) is 3.61. The number of H-pyrrole nitrogens is 1. The van der Waals surface area contributed by atoms with E-state index >= 15 is 0 Å². The van der Waals surface area contributed by atoms with Crippen molar-refractivity contribution < 1.29 is 0 Å². The fraction of sp³-hybridized carbons (Fsp3) is 0.0588. The third-order valence-electron chi connectivity index (χ3n) is 4.14. The fourth-order valence-corrected chi connectivity index (χ4v) is 3.26. The number of pyridine rings is 1. The molecule has 0 aliphatic carbocycles. The lowest BCUT2D eigenvalue weighted by molar-refractivity contribution is 0.934. The average Bonchev–Trinajstić information content (AvgIpc) is 3.10. The topological polar surface area (TPSA) is 46.5 Å². The van der Waals surface area contributed by atoms with Gasteiger partial charge in [0, 0.05) is 41.8 Å². The van der Waals surface area contributed by atoms with Crippen LogP contribution in [-0.2, 0) is 7.05 Å². The lowest BCUT2D eigenvalue weighted by Gasteiger charge is -2.06. The van der Waals surface area contributed by atoms with Crippen LogP contribution < -0.4 is 0 Å². The minimum Gasteiger partial charge on any atom is -0.359 e. The molecule has 0 bridgehead atoms. The third kappa shape index (κ3) is 1.34. The summed E-state index contributed by atoms with van der Waals surface area (Å²) in [5.74, 6) is 0. The summed E-state index contributed by atoms with van der Waals surface area (Å²) >= 11 is 0. The molecule has 2 aromatic carbocycles. The molecular formula is C17H12N4. The number of fused-ring (bicyclic) bond motifs is 7. The molecule has 0 fully saturated rings. The fourth-order valence-electron chi connectivity index (χ4n) is 3.26. The van der Waals surface area contributed by atoms with Gasteiger partial charge < -0.3 is 9.55 Å². The number of benzene rings is 2. The Bertz CT molecular complexity index is 1150. The van der Waals surface area contributed by atoms with Crippen molar-refractivity contribution in [3.05, 3.63) is 49.2 Å². The maximum absolute atomic E-state index is 4.47. The SMILES string of the molecule is Cn1cc2cc3c(cc2c1)c1ncnc1c1[nH]cccc31. The van der Waals surface area contributed by atoms with Crippen LogP contribution >= 0.6 is 0 Å². The van der Waals surface area contributed by atoms with E-state index in [9.17, 15) is 0 Å². The average molecular weight is 272 g/mol. The van der Waals surface area contributed by atoms with Crippen LogP contribution in [0.25, 0.3) is 43.5 Å². The van der Waals surface area contributed by atoms with Crippen molar-refractivity contribution in [1.29, 1.82) is 0 Å². The third-order valence-corrected chi connectivity index (χ3v) is 4.14. The largest absolute Gasteiger partial charge is 0.359 e. The molecule has 100 valence electrons. The number of aromatic nitrogens is 4. The van der Waals surface area contributed by atoms with Gasteiger partial charge in [-0.2, -0.15) is 0 Å². The molecule has 21 heavy (non-hydrogen) atoms. The normalized spacial score (nSPS) is 12.0. The van der Waals surface area contributed by atoms with Gasteiger partial charge in [0.15, 0.2) is 0 Å².